The number of carbonyl (C=O) groups is 1. The molecule has 1 aliphatic heterocycles. The van der Waals surface area contributed by atoms with Crippen LogP contribution in [0.25, 0.3) is 0 Å². The van der Waals surface area contributed by atoms with E-state index in [2.05, 4.69) is 118 Å². The molecule has 1 heterocycles. The summed E-state index contributed by atoms with van der Waals surface area (Å²) in [5, 5.41) is 6.17. The lowest BCUT2D eigenvalue weighted by atomic mass is 10.0. The lowest BCUT2D eigenvalue weighted by molar-refractivity contribution is 0.180. The quantitative estimate of drug-likeness (QED) is 0.414. The van der Waals surface area contributed by atoms with Gasteiger partial charge in [0.25, 0.3) is 0 Å². The Balaban J connectivity index is 1.33. The van der Waals surface area contributed by atoms with Gasteiger partial charge in [-0.3, -0.25) is 4.90 Å². The van der Waals surface area contributed by atoms with E-state index in [1.807, 2.05) is 6.07 Å². The Labute approximate surface area is 215 Å². The van der Waals surface area contributed by atoms with E-state index >= 15 is 0 Å². The van der Waals surface area contributed by atoms with Crippen LogP contribution in [0, 0.1) is 0 Å². The van der Waals surface area contributed by atoms with Gasteiger partial charge < -0.3 is 20.4 Å². The van der Waals surface area contributed by atoms with E-state index in [9.17, 15) is 4.79 Å². The average molecular weight is 486 g/mol. The van der Waals surface area contributed by atoms with Gasteiger partial charge in [-0.25, -0.2) is 4.79 Å². The monoisotopic (exact) mass is 485 g/mol. The second kappa shape index (κ2) is 13.0. The van der Waals surface area contributed by atoms with Gasteiger partial charge >= 0.3 is 6.03 Å². The van der Waals surface area contributed by atoms with E-state index in [0.29, 0.717) is 13.1 Å². The van der Waals surface area contributed by atoms with Crippen molar-refractivity contribution in [1.29, 1.82) is 0 Å². The Morgan fingerprint density at radius 1 is 0.833 bits per heavy atom. The van der Waals surface area contributed by atoms with Gasteiger partial charge in [0.15, 0.2) is 0 Å². The highest BCUT2D eigenvalue weighted by molar-refractivity contribution is 5.73. The molecule has 190 valence electrons. The number of hydrogen-bond acceptors (Lipinski definition) is 4. The summed E-state index contributed by atoms with van der Waals surface area (Å²) in [6.45, 7) is 5.10. The third-order valence-electron chi connectivity index (χ3n) is 6.90. The normalized spacial score (nSPS) is 14.8. The van der Waals surface area contributed by atoms with Crippen LogP contribution in [0.15, 0.2) is 84.9 Å². The lowest BCUT2D eigenvalue weighted by Gasteiger charge is -2.40. The topological polar surface area (TPSA) is 50.9 Å². The summed E-state index contributed by atoms with van der Waals surface area (Å²) in [6, 6.07) is 29.8. The predicted octanol–water partition coefficient (Wildman–Crippen LogP) is 4.55. The molecule has 6 heteroatoms. The molecule has 2 N–H and O–H groups in total. The number of para-hydroxylation sites is 1. The molecule has 36 heavy (non-hydrogen) atoms. The molecule has 1 atom stereocenters. The fraction of sp³-hybridized carbons (Fsp3) is 0.367. The maximum atomic E-state index is 12.6. The van der Waals surface area contributed by atoms with Crippen molar-refractivity contribution in [2.75, 3.05) is 63.2 Å². The molecule has 1 unspecified atom stereocenters. The zero-order valence-electron chi connectivity index (χ0n) is 21.6. The van der Waals surface area contributed by atoms with E-state index in [1.54, 1.807) is 0 Å². The molecular formula is C30H39N5O. The molecule has 0 bridgehead atoms. The number of piperazine rings is 1. The number of nitrogens with zero attached hydrogens (tertiary/aromatic N) is 3. The van der Waals surface area contributed by atoms with Gasteiger partial charge in [0, 0.05) is 64.7 Å². The molecule has 1 aliphatic rings. The molecular weight excluding hydrogens is 446 g/mol. The summed E-state index contributed by atoms with van der Waals surface area (Å²) in [4.78, 5) is 19.6. The first-order valence-corrected chi connectivity index (χ1v) is 13.0. The summed E-state index contributed by atoms with van der Waals surface area (Å²) in [5.41, 5.74) is 4.99. The summed E-state index contributed by atoms with van der Waals surface area (Å²) in [6.07, 6.45) is 1.89. The van der Waals surface area contributed by atoms with Gasteiger partial charge in [0.2, 0.25) is 0 Å². The minimum Gasteiger partial charge on any atom is -0.378 e. The minimum absolute atomic E-state index is 0.0964. The average Bonchev–Trinajstić information content (AvgIpc) is 2.93. The molecule has 3 aromatic rings. The molecule has 0 spiro atoms. The molecule has 0 radical (unpaired) electrons. The van der Waals surface area contributed by atoms with Crippen molar-refractivity contribution in [2.24, 2.45) is 0 Å². The molecule has 3 aromatic carbocycles. The van der Waals surface area contributed by atoms with Crippen molar-refractivity contribution >= 4 is 17.4 Å². The Morgan fingerprint density at radius 2 is 1.47 bits per heavy atom. The minimum atomic E-state index is -0.0964. The summed E-state index contributed by atoms with van der Waals surface area (Å²) < 4.78 is 0. The lowest BCUT2D eigenvalue weighted by Crippen LogP contribution is -2.50. The van der Waals surface area contributed by atoms with E-state index < -0.39 is 0 Å². The van der Waals surface area contributed by atoms with Crippen LogP contribution in [0.2, 0.25) is 0 Å². The third kappa shape index (κ3) is 7.25. The first-order valence-electron chi connectivity index (χ1n) is 13.0. The van der Waals surface area contributed by atoms with Crippen molar-refractivity contribution < 1.29 is 4.79 Å². The number of nitrogens with one attached hydrogen (secondary N) is 2. The highest BCUT2D eigenvalue weighted by Crippen LogP contribution is 2.25. The van der Waals surface area contributed by atoms with Crippen LogP contribution < -0.4 is 20.4 Å². The number of benzene rings is 3. The highest BCUT2D eigenvalue weighted by Gasteiger charge is 2.25. The maximum absolute atomic E-state index is 12.6. The summed E-state index contributed by atoms with van der Waals surface area (Å²) in [5.74, 6) is 0. The Bertz CT molecular complexity index is 1050. The Morgan fingerprint density at radius 3 is 2.11 bits per heavy atom. The molecule has 1 fully saturated rings. The van der Waals surface area contributed by atoms with Crippen LogP contribution in [-0.2, 0) is 6.42 Å². The second-order valence-corrected chi connectivity index (χ2v) is 9.59. The second-order valence-electron chi connectivity index (χ2n) is 9.59. The van der Waals surface area contributed by atoms with Crippen molar-refractivity contribution in [1.82, 2.24) is 15.5 Å². The number of urea groups is 1. The van der Waals surface area contributed by atoms with Crippen molar-refractivity contribution in [3.8, 4) is 0 Å². The van der Waals surface area contributed by atoms with Gasteiger partial charge in [0.1, 0.15) is 0 Å². The first kappa shape index (κ1) is 25.6. The number of rotatable bonds is 10. The number of aryl methyl sites for hydroxylation is 1. The fourth-order valence-corrected chi connectivity index (χ4v) is 4.77. The van der Waals surface area contributed by atoms with Crippen LogP contribution in [-0.4, -0.2) is 64.3 Å². The van der Waals surface area contributed by atoms with Crippen molar-refractivity contribution in [3.05, 3.63) is 96.1 Å². The standard InChI is InChI=1S/C30H39N5O/c1-33(2)27-17-15-26(16-18-27)29(35-22-20-34(21-23-35)28-13-7-4-8-14-28)24-32-30(36)31-19-9-12-25-10-5-3-6-11-25/h3-8,10-11,13-18,29H,9,12,19-24H2,1-2H3,(H2,31,32,36). The molecule has 0 aliphatic carbocycles. The van der Waals surface area contributed by atoms with Crippen LogP contribution in [0.5, 0.6) is 0 Å². The summed E-state index contributed by atoms with van der Waals surface area (Å²) in [7, 11) is 4.11. The van der Waals surface area contributed by atoms with Gasteiger partial charge in [-0.05, 0) is 48.2 Å². The van der Waals surface area contributed by atoms with Crippen LogP contribution in [0.4, 0.5) is 16.2 Å². The van der Waals surface area contributed by atoms with Gasteiger partial charge in [-0.2, -0.15) is 0 Å². The number of hydrogen-bond donors (Lipinski definition) is 2. The molecule has 2 amide bonds. The SMILES string of the molecule is CN(C)c1ccc(C(CNC(=O)NCCCc2ccccc2)N2CCN(c3ccccc3)CC2)cc1. The van der Waals surface area contributed by atoms with E-state index in [4.69, 9.17) is 0 Å². The van der Waals surface area contributed by atoms with Crippen LogP contribution in [0.3, 0.4) is 0 Å². The van der Waals surface area contributed by atoms with Crippen LogP contribution >= 0.6 is 0 Å². The van der Waals surface area contributed by atoms with Gasteiger partial charge in [-0.1, -0.05) is 60.7 Å². The van der Waals surface area contributed by atoms with E-state index in [1.165, 1.54) is 22.5 Å². The molecule has 0 aromatic heterocycles. The molecule has 4 rings (SSSR count). The predicted molar refractivity (Wildman–Crippen MR) is 150 cm³/mol. The third-order valence-corrected chi connectivity index (χ3v) is 6.90. The van der Waals surface area contributed by atoms with Crippen molar-refractivity contribution in [2.45, 2.75) is 18.9 Å². The van der Waals surface area contributed by atoms with Crippen molar-refractivity contribution in [3.63, 3.8) is 0 Å². The van der Waals surface area contributed by atoms with E-state index in [-0.39, 0.29) is 12.1 Å². The zero-order chi connectivity index (χ0) is 25.2. The first-order chi connectivity index (χ1) is 17.6. The highest BCUT2D eigenvalue weighted by atomic mass is 16.2. The molecule has 0 saturated carbocycles. The summed E-state index contributed by atoms with van der Waals surface area (Å²) >= 11 is 0. The Kier molecular flexibility index (Phi) is 9.22. The van der Waals surface area contributed by atoms with Gasteiger partial charge in [0.05, 0.1) is 6.04 Å². The number of carbonyl (C=O) groups excluding carboxylic acids is 1. The largest absolute Gasteiger partial charge is 0.378 e. The zero-order valence-corrected chi connectivity index (χ0v) is 21.6. The maximum Gasteiger partial charge on any atom is 0.314 e. The van der Waals surface area contributed by atoms with Crippen LogP contribution in [0.1, 0.15) is 23.6 Å². The van der Waals surface area contributed by atoms with Gasteiger partial charge in [-0.15, -0.1) is 0 Å². The number of amides is 2. The fourth-order valence-electron chi connectivity index (χ4n) is 4.77. The Hall–Kier alpha value is -3.51. The smallest absolute Gasteiger partial charge is 0.314 e. The molecule has 6 nitrogen and oxygen atoms in total. The number of anilines is 2. The van der Waals surface area contributed by atoms with E-state index in [0.717, 1.165) is 39.0 Å². The molecule has 1 saturated heterocycles.